The van der Waals surface area contributed by atoms with Crippen molar-refractivity contribution < 1.29 is 17.9 Å². The molecule has 0 aliphatic carbocycles. The minimum Gasteiger partial charge on any atom is -0.378 e. The summed E-state index contributed by atoms with van der Waals surface area (Å²) in [4.78, 5) is 20.4. The van der Waals surface area contributed by atoms with Gasteiger partial charge in [0.25, 0.3) is 5.56 Å². The summed E-state index contributed by atoms with van der Waals surface area (Å²) in [6, 6.07) is 11.0. The monoisotopic (exact) mass is 422 g/mol. The summed E-state index contributed by atoms with van der Waals surface area (Å²) in [7, 11) is 0. The van der Waals surface area contributed by atoms with Gasteiger partial charge in [-0.15, -0.1) is 0 Å². The molecule has 1 aromatic carbocycles. The summed E-state index contributed by atoms with van der Waals surface area (Å²) in [6.07, 6.45) is -3.33. The Kier molecular flexibility index (Phi) is 5.48. The second-order valence-electron chi connectivity index (χ2n) is 7.95. The zero-order valence-electron chi connectivity index (χ0n) is 16.9. The number of fused-ring (bicyclic) bond motifs is 1. The molecule has 0 spiro atoms. The van der Waals surface area contributed by atoms with E-state index in [1.165, 1.54) is 11.0 Å². The fourth-order valence-corrected chi connectivity index (χ4v) is 4.08. The van der Waals surface area contributed by atoms with Gasteiger partial charge in [0.1, 0.15) is 5.82 Å². The number of ether oxygens (including phenoxy) is 1. The summed E-state index contributed by atoms with van der Waals surface area (Å²) < 4.78 is 48.7. The van der Waals surface area contributed by atoms with Crippen LogP contribution in [0.5, 0.6) is 0 Å². The van der Waals surface area contributed by atoms with Crippen LogP contribution in [0.1, 0.15) is 18.9 Å². The van der Waals surface area contributed by atoms with Gasteiger partial charge in [-0.3, -0.25) is 9.36 Å². The largest absolute Gasteiger partial charge is 0.413 e. The third-order valence-electron chi connectivity index (χ3n) is 5.91. The van der Waals surface area contributed by atoms with Crippen LogP contribution in [0.15, 0.2) is 41.2 Å². The van der Waals surface area contributed by atoms with Crippen LogP contribution < -0.4 is 15.4 Å². The minimum atomic E-state index is -4.50. The van der Waals surface area contributed by atoms with Crippen molar-refractivity contribution in [2.24, 2.45) is 0 Å². The first-order chi connectivity index (χ1) is 14.3. The lowest BCUT2D eigenvalue weighted by molar-refractivity contribution is -0.182. The molecule has 2 aliphatic heterocycles. The number of morpholine rings is 1. The third-order valence-corrected chi connectivity index (χ3v) is 5.91. The Balaban J connectivity index is 1.64. The molecule has 0 saturated carbocycles. The van der Waals surface area contributed by atoms with Crippen LogP contribution >= 0.6 is 0 Å². The van der Waals surface area contributed by atoms with Crippen LogP contribution in [-0.4, -0.2) is 54.1 Å². The maximum Gasteiger partial charge on any atom is 0.413 e. The van der Waals surface area contributed by atoms with E-state index in [9.17, 15) is 18.0 Å². The first kappa shape index (κ1) is 20.7. The quantitative estimate of drug-likeness (QED) is 0.742. The summed E-state index contributed by atoms with van der Waals surface area (Å²) in [5.74, 6) is 0.505. The molecule has 0 bridgehead atoms. The zero-order valence-corrected chi connectivity index (χ0v) is 16.9. The van der Waals surface area contributed by atoms with Gasteiger partial charge < -0.3 is 14.5 Å². The third kappa shape index (κ3) is 3.78. The Morgan fingerprint density at radius 3 is 2.53 bits per heavy atom. The standard InChI is InChI=1S/C21H25F3N4O2/c1-20(21(22,23)24)15-27-18(29)14-17(26-10-12-30-13-11-26)25-19(27)28(20)9-5-8-16-6-3-2-4-7-16/h2-4,6-7,14H,5,8-13,15H2,1H3/t20-/m0/s1. The van der Waals surface area contributed by atoms with Crippen molar-refractivity contribution in [2.45, 2.75) is 38.0 Å². The van der Waals surface area contributed by atoms with Crippen LogP contribution in [0, 0.1) is 0 Å². The van der Waals surface area contributed by atoms with E-state index in [-0.39, 0.29) is 12.5 Å². The van der Waals surface area contributed by atoms with Gasteiger partial charge in [-0.1, -0.05) is 30.3 Å². The van der Waals surface area contributed by atoms with E-state index in [4.69, 9.17) is 4.74 Å². The average Bonchev–Trinajstić information content (AvgIpc) is 3.03. The van der Waals surface area contributed by atoms with Crippen molar-refractivity contribution >= 4 is 11.8 Å². The summed E-state index contributed by atoms with van der Waals surface area (Å²) >= 11 is 0. The van der Waals surface area contributed by atoms with E-state index in [2.05, 4.69) is 4.98 Å². The highest BCUT2D eigenvalue weighted by Gasteiger charge is 2.59. The van der Waals surface area contributed by atoms with Gasteiger partial charge in [0.2, 0.25) is 5.95 Å². The van der Waals surface area contributed by atoms with Crippen LogP contribution in [-0.2, 0) is 17.7 Å². The van der Waals surface area contributed by atoms with E-state index in [1.807, 2.05) is 35.2 Å². The van der Waals surface area contributed by atoms with E-state index < -0.39 is 23.8 Å². The number of aromatic nitrogens is 2. The highest BCUT2D eigenvalue weighted by Crippen LogP contribution is 2.43. The molecule has 2 aliphatic rings. The molecule has 9 heteroatoms. The number of benzene rings is 1. The number of hydrogen-bond acceptors (Lipinski definition) is 5. The second-order valence-corrected chi connectivity index (χ2v) is 7.95. The fourth-order valence-electron chi connectivity index (χ4n) is 4.08. The number of nitrogens with zero attached hydrogens (tertiary/aromatic N) is 4. The average molecular weight is 422 g/mol. The van der Waals surface area contributed by atoms with Gasteiger partial charge in [-0.05, 0) is 25.3 Å². The summed E-state index contributed by atoms with van der Waals surface area (Å²) in [5, 5.41) is 0. The second kappa shape index (κ2) is 7.94. The highest BCUT2D eigenvalue weighted by molar-refractivity contribution is 5.50. The molecule has 1 aromatic heterocycles. The van der Waals surface area contributed by atoms with Gasteiger partial charge in [-0.2, -0.15) is 18.2 Å². The Labute approximate surface area is 172 Å². The maximum atomic E-state index is 14.1. The number of rotatable bonds is 5. The molecule has 0 N–H and O–H groups in total. The lowest BCUT2D eigenvalue weighted by atomic mass is 10.00. The molecule has 1 fully saturated rings. The lowest BCUT2D eigenvalue weighted by Crippen LogP contribution is -2.56. The molecule has 1 atom stereocenters. The molecule has 0 amide bonds. The number of halogens is 3. The van der Waals surface area contributed by atoms with Crippen LogP contribution in [0.4, 0.5) is 24.9 Å². The van der Waals surface area contributed by atoms with Gasteiger partial charge in [0.05, 0.1) is 19.8 Å². The number of aryl methyl sites for hydroxylation is 1. The predicted octanol–water partition coefficient (Wildman–Crippen LogP) is 2.85. The molecule has 4 rings (SSSR count). The van der Waals surface area contributed by atoms with Crippen molar-refractivity contribution in [3.8, 4) is 0 Å². The molecule has 1 saturated heterocycles. The van der Waals surface area contributed by atoms with Crippen molar-refractivity contribution in [1.29, 1.82) is 0 Å². The summed E-state index contributed by atoms with van der Waals surface area (Å²) in [5.41, 5.74) is -1.56. The number of hydrogen-bond donors (Lipinski definition) is 0. The van der Waals surface area contributed by atoms with Crippen molar-refractivity contribution in [1.82, 2.24) is 9.55 Å². The maximum absolute atomic E-state index is 14.1. The molecule has 0 radical (unpaired) electrons. The van der Waals surface area contributed by atoms with E-state index in [0.717, 1.165) is 17.1 Å². The molecular formula is C21H25F3N4O2. The molecule has 30 heavy (non-hydrogen) atoms. The molecule has 0 unspecified atom stereocenters. The van der Waals surface area contributed by atoms with E-state index in [1.54, 1.807) is 0 Å². The molecule has 6 nitrogen and oxygen atoms in total. The molecule has 3 heterocycles. The van der Waals surface area contributed by atoms with Crippen LogP contribution in [0.2, 0.25) is 0 Å². The summed E-state index contributed by atoms with van der Waals surface area (Å²) in [6.45, 7) is 2.97. The number of alkyl halides is 3. The van der Waals surface area contributed by atoms with E-state index in [0.29, 0.717) is 45.0 Å². The smallest absolute Gasteiger partial charge is 0.378 e. The van der Waals surface area contributed by atoms with Crippen molar-refractivity contribution in [3.05, 3.63) is 52.3 Å². The first-order valence-electron chi connectivity index (χ1n) is 10.1. The van der Waals surface area contributed by atoms with Crippen molar-refractivity contribution in [3.63, 3.8) is 0 Å². The van der Waals surface area contributed by atoms with Crippen LogP contribution in [0.25, 0.3) is 0 Å². The Morgan fingerprint density at radius 1 is 1.17 bits per heavy atom. The van der Waals surface area contributed by atoms with Gasteiger partial charge in [-0.25, -0.2) is 0 Å². The molecule has 162 valence electrons. The zero-order chi connectivity index (χ0) is 21.4. The van der Waals surface area contributed by atoms with Gasteiger partial charge in [0.15, 0.2) is 5.54 Å². The van der Waals surface area contributed by atoms with Crippen LogP contribution in [0.3, 0.4) is 0 Å². The minimum absolute atomic E-state index is 0.0943. The number of anilines is 2. The molecular weight excluding hydrogens is 397 g/mol. The Morgan fingerprint density at radius 2 is 1.87 bits per heavy atom. The Bertz CT molecular complexity index is 942. The van der Waals surface area contributed by atoms with Gasteiger partial charge >= 0.3 is 6.18 Å². The van der Waals surface area contributed by atoms with Gasteiger partial charge in [0, 0.05) is 25.7 Å². The van der Waals surface area contributed by atoms with E-state index >= 15 is 0 Å². The SMILES string of the molecule is C[C@@]1(C(F)(F)F)Cn2c(nc(N3CCOCC3)cc2=O)N1CCCc1ccccc1. The highest BCUT2D eigenvalue weighted by atomic mass is 19.4. The topological polar surface area (TPSA) is 50.6 Å². The normalized spacial score (nSPS) is 21.7. The predicted molar refractivity (Wildman–Crippen MR) is 108 cm³/mol. The lowest BCUT2D eigenvalue weighted by Gasteiger charge is -2.37. The van der Waals surface area contributed by atoms with Crippen molar-refractivity contribution in [2.75, 3.05) is 42.6 Å². The molecule has 2 aromatic rings. The Hall–Kier alpha value is -2.55. The first-order valence-corrected chi connectivity index (χ1v) is 10.1. The fraction of sp³-hybridized carbons (Fsp3) is 0.524.